The predicted molar refractivity (Wildman–Crippen MR) is 76.9 cm³/mol. The van der Waals surface area contributed by atoms with Crippen LogP contribution in [-0.4, -0.2) is 36.0 Å². The number of hydrogen-bond donors (Lipinski definition) is 1. The molecule has 3 fully saturated rings. The van der Waals surface area contributed by atoms with Gasteiger partial charge in [-0.2, -0.15) is 0 Å². The Hall–Kier alpha value is -0.570. The minimum Gasteiger partial charge on any atom is -0.342 e. The third-order valence-corrected chi connectivity index (χ3v) is 5.17. The van der Waals surface area contributed by atoms with Crippen molar-refractivity contribution in [1.29, 1.82) is 0 Å². The second-order valence-electron chi connectivity index (χ2n) is 6.97. The number of hydrogen-bond acceptors (Lipinski definition) is 2. The molecule has 0 aromatic carbocycles. The molecular weight excluding hydrogens is 236 g/mol. The summed E-state index contributed by atoms with van der Waals surface area (Å²) in [5, 5.41) is 3.78. The molecule has 1 N–H and O–H groups in total. The molecule has 1 atom stereocenters. The van der Waals surface area contributed by atoms with E-state index in [9.17, 15) is 4.79 Å². The Balaban J connectivity index is 1.36. The minimum atomic E-state index is 0.391. The molecule has 3 nitrogen and oxygen atoms in total. The van der Waals surface area contributed by atoms with Crippen LogP contribution < -0.4 is 5.32 Å². The van der Waals surface area contributed by atoms with E-state index in [1.54, 1.807) is 0 Å². The summed E-state index contributed by atoms with van der Waals surface area (Å²) in [7, 11) is 0. The summed E-state index contributed by atoms with van der Waals surface area (Å²) in [4.78, 5) is 14.1. The average molecular weight is 264 g/mol. The molecule has 2 aliphatic carbocycles. The third kappa shape index (κ3) is 3.50. The predicted octanol–water partition coefficient (Wildman–Crippen LogP) is 2.56. The SMILES string of the molecule is CC(CC1CCC1)NC1CCN(C(=O)C2CC2)CC1. The standard InChI is InChI=1S/C16H28N2O/c1-12(11-13-3-2-4-13)17-15-7-9-18(10-8-15)16(19)14-5-6-14/h12-15,17H,2-11H2,1H3. The highest BCUT2D eigenvalue weighted by molar-refractivity contribution is 5.81. The van der Waals surface area contributed by atoms with Crippen molar-refractivity contribution >= 4 is 5.91 Å². The van der Waals surface area contributed by atoms with Crippen LogP contribution in [0.4, 0.5) is 0 Å². The van der Waals surface area contributed by atoms with Gasteiger partial charge in [0.15, 0.2) is 0 Å². The van der Waals surface area contributed by atoms with Crippen molar-refractivity contribution in [2.75, 3.05) is 13.1 Å². The minimum absolute atomic E-state index is 0.391. The quantitative estimate of drug-likeness (QED) is 0.827. The van der Waals surface area contributed by atoms with Crippen molar-refractivity contribution in [3.05, 3.63) is 0 Å². The van der Waals surface area contributed by atoms with Gasteiger partial charge in [0.05, 0.1) is 0 Å². The lowest BCUT2D eigenvalue weighted by atomic mass is 9.81. The molecule has 1 amide bonds. The molecular formula is C16H28N2O. The van der Waals surface area contributed by atoms with E-state index in [4.69, 9.17) is 0 Å². The number of nitrogens with one attached hydrogen (secondary N) is 1. The van der Waals surface area contributed by atoms with Crippen LogP contribution in [0.5, 0.6) is 0 Å². The Bertz CT molecular complexity index is 315. The van der Waals surface area contributed by atoms with Crippen LogP contribution in [0, 0.1) is 11.8 Å². The monoisotopic (exact) mass is 264 g/mol. The molecule has 3 heteroatoms. The van der Waals surface area contributed by atoms with Gasteiger partial charge in [0, 0.05) is 31.1 Å². The van der Waals surface area contributed by atoms with Crippen LogP contribution in [-0.2, 0) is 4.79 Å². The number of carbonyl (C=O) groups excluding carboxylic acids is 1. The Morgan fingerprint density at radius 1 is 1.16 bits per heavy atom. The zero-order chi connectivity index (χ0) is 13.2. The summed E-state index contributed by atoms with van der Waals surface area (Å²) >= 11 is 0. The van der Waals surface area contributed by atoms with E-state index in [0.717, 1.165) is 44.7 Å². The van der Waals surface area contributed by atoms with Crippen molar-refractivity contribution in [1.82, 2.24) is 10.2 Å². The van der Waals surface area contributed by atoms with Gasteiger partial charge in [0.25, 0.3) is 0 Å². The van der Waals surface area contributed by atoms with Gasteiger partial charge < -0.3 is 10.2 Å². The van der Waals surface area contributed by atoms with Gasteiger partial charge in [-0.1, -0.05) is 19.3 Å². The van der Waals surface area contributed by atoms with E-state index in [0.29, 0.717) is 23.9 Å². The first-order valence-electron chi connectivity index (χ1n) is 8.27. The van der Waals surface area contributed by atoms with Gasteiger partial charge in [0.2, 0.25) is 5.91 Å². The Morgan fingerprint density at radius 2 is 1.84 bits per heavy atom. The Labute approximate surface area is 117 Å². The lowest BCUT2D eigenvalue weighted by molar-refractivity contribution is -0.133. The van der Waals surface area contributed by atoms with Gasteiger partial charge in [-0.25, -0.2) is 0 Å². The molecule has 19 heavy (non-hydrogen) atoms. The van der Waals surface area contributed by atoms with Crippen LogP contribution in [0.2, 0.25) is 0 Å². The van der Waals surface area contributed by atoms with Crippen LogP contribution in [0.25, 0.3) is 0 Å². The second-order valence-corrected chi connectivity index (χ2v) is 6.97. The molecule has 0 radical (unpaired) electrons. The van der Waals surface area contributed by atoms with Crippen LogP contribution in [0.1, 0.15) is 58.3 Å². The summed E-state index contributed by atoms with van der Waals surface area (Å²) in [6, 6.07) is 1.29. The number of amides is 1. The highest BCUT2D eigenvalue weighted by atomic mass is 16.2. The maximum atomic E-state index is 12.0. The molecule has 3 rings (SSSR count). The lowest BCUT2D eigenvalue weighted by Crippen LogP contribution is -2.48. The zero-order valence-electron chi connectivity index (χ0n) is 12.2. The van der Waals surface area contributed by atoms with E-state index in [1.807, 2.05) is 0 Å². The van der Waals surface area contributed by atoms with E-state index in [-0.39, 0.29) is 0 Å². The molecule has 0 aromatic rings. The highest BCUT2D eigenvalue weighted by Crippen LogP contribution is 2.32. The maximum absolute atomic E-state index is 12.0. The van der Waals surface area contributed by atoms with Crippen LogP contribution in [0.15, 0.2) is 0 Å². The topological polar surface area (TPSA) is 32.3 Å². The van der Waals surface area contributed by atoms with E-state index in [1.165, 1.54) is 25.7 Å². The summed E-state index contributed by atoms with van der Waals surface area (Å²) in [5.41, 5.74) is 0. The second kappa shape index (κ2) is 5.82. The molecule has 3 aliphatic rings. The molecule has 1 aliphatic heterocycles. The van der Waals surface area contributed by atoms with Gasteiger partial charge in [0.1, 0.15) is 0 Å². The average Bonchev–Trinajstić information content (AvgIpc) is 3.18. The molecule has 1 heterocycles. The molecule has 0 spiro atoms. The third-order valence-electron chi connectivity index (χ3n) is 5.17. The number of piperidine rings is 1. The van der Waals surface area contributed by atoms with Crippen LogP contribution in [0.3, 0.4) is 0 Å². The van der Waals surface area contributed by atoms with E-state index in [2.05, 4.69) is 17.1 Å². The fourth-order valence-corrected chi connectivity index (χ4v) is 3.55. The fourth-order valence-electron chi connectivity index (χ4n) is 3.55. The summed E-state index contributed by atoms with van der Waals surface area (Å²) in [6.07, 6.45) is 10.2. The number of rotatable bonds is 5. The molecule has 0 aromatic heterocycles. The Kier molecular flexibility index (Phi) is 4.11. The van der Waals surface area contributed by atoms with Crippen molar-refractivity contribution in [3.63, 3.8) is 0 Å². The van der Waals surface area contributed by atoms with Crippen LogP contribution >= 0.6 is 0 Å². The van der Waals surface area contributed by atoms with Crippen molar-refractivity contribution in [2.45, 2.75) is 70.4 Å². The van der Waals surface area contributed by atoms with Gasteiger partial charge >= 0.3 is 0 Å². The van der Waals surface area contributed by atoms with Crippen molar-refractivity contribution in [3.8, 4) is 0 Å². The summed E-state index contributed by atoms with van der Waals surface area (Å²) < 4.78 is 0. The number of nitrogens with zero attached hydrogens (tertiary/aromatic N) is 1. The smallest absolute Gasteiger partial charge is 0.225 e. The van der Waals surface area contributed by atoms with Crippen molar-refractivity contribution in [2.24, 2.45) is 11.8 Å². The highest BCUT2D eigenvalue weighted by Gasteiger charge is 2.35. The van der Waals surface area contributed by atoms with Gasteiger partial charge in [-0.3, -0.25) is 4.79 Å². The first kappa shape index (κ1) is 13.4. The number of likely N-dealkylation sites (tertiary alicyclic amines) is 1. The number of carbonyl (C=O) groups is 1. The zero-order valence-corrected chi connectivity index (χ0v) is 12.2. The molecule has 2 saturated carbocycles. The first-order chi connectivity index (χ1) is 9.22. The molecule has 108 valence electrons. The maximum Gasteiger partial charge on any atom is 0.225 e. The Morgan fingerprint density at radius 3 is 2.37 bits per heavy atom. The lowest BCUT2D eigenvalue weighted by Gasteiger charge is -2.35. The summed E-state index contributed by atoms with van der Waals surface area (Å²) in [5.74, 6) is 1.81. The molecule has 0 bridgehead atoms. The fraction of sp³-hybridized carbons (Fsp3) is 0.938. The molecule has 1 unspecified atom stereocenters. The van der Waals surface area contributed by atoms with Crippen molar-refractivity contribution < 1.29 is 4.79 Å². The van der Waals surface area contributed by atoms with E-state index >= 15 is 0 Å². The summed E-state index contributed by atoms with van der Waals surface area (Å²) in [6.45, 7) is 4.28. The van der Waals surface area contributed by atoms with E-state index < -0.39 is 0 Å². The van der Waals surface area contributed by atoms with Gasteiger partial charge in [-0.05, 0) is 44.9 Å². The largest absolute Gasteiger partial charge is 0.342 e. The normalized spacial score (nSPS) is 27.1. The first-order valence-corrected chi connectivity index (χ1v) is 8.27. The molecule has 1 saturated heterocycles. The van der Waals surface area contributed by atoms with Gasteiger partial charge in [-0.15, -0.1) is 0 Å².